The predicted molar refractivity (Wildman–Crippen MR) is 49.5 cm³/mol. The van der Waals surface area contributed by atoms with Crippen LogP contribution in [0.4, 0.5) is 5.82 Å². The first-order valence-electron chi connectivity index (χ1n) is 3.63. The van der Waals surface area contributed by atoms with Gasteiger partial charge in [-0.15, -0.1) is 0 Å². The molecule has 0 amide bonds. The van der Waals surface area contributed by atoms with Crippen molar-refractivity contribution in [3.63, 3.8) is 0 Å². The number of aromatic nitrogens is 2. The molecule has 0 unspecified atom stereocenters. The van der Waals surface area contributed by atoms with E-state index in [-0.39, 0.29) is 11.4 Å². The Morgan fingerprint density at radius 3 is 2.79 bits per heavy atom. The minimum Gasteiger partial charge on any atom is -0.272 e. The maximum Gasteiger partial charge on any atom is 0.300 e. The molecule has 0 aliphatic carbocycles. The smallest absolute Gasteiger partial charge is 0.272 e. The highest BCUT2D eigenvalue weighted by molar-refractivity contribution is 7.90. The average molecular weight is 215 g/mol. The van der Waals surface area contributed by atoms with Crippen molar-refractivity contribution >= 4 is 16.0 Å². The van der Waals surface area contributed by atoms with E-state index < -0.39 is 10.2 Å². The van der Waals surface area contributed by atoms with Crippen LogP contribution in [0, 0.1) is 11.3 Å². The van der Waals surface area contributed by atoms with Crippen molar-refractivity contribution in [2.75, 3.05) is 11.8 Å². The van der Waals surface area contributed by atoms with Gasteiger partial charge in [0, 0.05) is 20.3 Å². The lowest BCUT2D eigenvalue weighted by Gasteiger charge is -2.02. The molecule has 0 atom stereocenters. The molecule has 0 fully saturated rings. The van der Waals surface area contributed by atoms with Crippen LogP contribution in [0.25, 0.3) is 0 Å². The summed E-state index contributed by atoms with van der Waals surface area (Å²) in [6.07, 6.45) is 1.42. The molecule has 0 aromatic carbocycles. The highest BCUT2D eigenvalue weighted by atomic mass is 32.2. The van der Waals surface area contributed by atoms with E-state index in [9.17, 15) is 8.42 Å². The van der Waals surface area contributed by atoms with E-state index in [1.54, 1.807) is 7.05 Å². The van der Waals surface area contributed by atoms with Crippen molar-refractivity contribution in [1.29, 1.82) is 5.26 Å². The van der Waals surface area contributed by atoms with Crippen molar-refractivity contribution in [3.05, 3.63) is 11.8 Å². The largest absolute Gasteiger partial charge is 0.300 e. The molecule has 1 aromatic heterocycles. The van der Waals surface area contributed by atoms with E-state index in [4.69, 9.17) is 5.26 Å². The van der Waals surface area contributed by atoms with E-state index in [2.05, 4.69) is 14.5 Å². The molecule has 2 N–H and O–H groups in total. The highest BCUT2D eigenvalue weighted by Crippen LogP contribution is 2.11. The summed E-state index contributed by atoms with van der Waals surface area (Å²) in [4.78, 5) is 0. The first-order valence-corrected chi connectivity index (χ1v) is 5.12. The van der Waals surface area contributed by atoms with Crippen LogP contribution < -0.4 is 9.44 Å². The molecule has 0 saturated heterocycles. The fourth-order valence-electron chi connectivity index (χ4n) is 0.824. The normalized spacial score (nSPS) is 10.9. The number of nitrogens with one attached hydrogen (secondary N) is 2. The van der Waals surface area contributed by atoms with Gasteiger partial charge in [-0.25, -0.2) is 4.72 Å². The molecule has 76 valence electrons. The summed E-state index contributed by atoms with van der Waals surface area (Å²) in [5.74, 6) is 0.0179. The van der Waals surface area contributed by atoms with Gasteiger partial charge in [0.05, 0.1) is 0 Å². The van der Waals surface area contributed by atoms with Gasteiger partial charge < -0.3 is 0 Å². The molecule has 7 nitrogen and oxygen atoms in total. The van der Waals surface area contributed by atoms with Crippen LogP contribution in [0.1, 0.15) is 5.56 Å². The Hall–Kier alpha value is -1.59. The number of anilines is 1. The Morgan fingerprint density at radius 2 is 2.29 bits per heavy atom. The van der Waals surface area contributed by atoms with Gasteiger partial charge in [-0.1, -0.05) is 0 Å². The number of rotatable bonds is 3. The van der Waals surface area contributed by atoms with Crippen LogP contribution in [0.15, 0.2) is 6.20 Å². The van der Waals surface area contributed by atoms with Gasteiger partial charge in [0.15, 0.2) is 5.82 Å². The zero-order valence-corrected chi connectivity index (χ0v) is 8.46. The van der Waals surface area contributed by atoms with Crippen molar-refractivity contribution < 1.29 is 8.42 Å². The molecule has 0 spiro atoms. The van der Waals surface area contributed by atoms with Crippen LogP contribution in [0.3, 0.4) is 0 Å². The standard InChI is InChI=1S/C6H9N5O2S/c1-8-14(12,13)10-6-5(3-7)4-11(2)9-6/h4,8H,1-2H3,(H,9,10). The van der Waals surface area contributed by atoms with E-state index in [0.717, 1.165) is 0 Å². The van der Waals surface area contributed by atoms with Crippen LogP contribution in [0.5, 0.6) is 0 Å². The third kappa shape index (κ3) is 2.21. The second-order valence-corrected chi connectivity index (χ2v) is 4.11. The number of hydrogen-bond donors (Lipinski definition) is 2. The van der Waals surface area contributed by atoms with Crippen molar-refractivity contribution in [2.24, 2.45) is 7.05 Å². The summed E-state index contributed by atoms with van der Waals surface area (Å²) in [6.45, 7) is 0. The lowest BCUT2D eigenvalue weighted by molar-refractivity contribution is 0.593. The molecular weight excluding hydrogens is 206 g/mol. The molecule has 1 aromatic rings. The van der Waals surface area contributed by atoms with Crippen molar-refractivity contribution in [1.82, 2.24) is 14.5 Å². The fourth-order valence-corrected chi connectivity index (χ4v) is 1.33. The van der Waals surface area contributed by atoms with Gasteiger partial charge in [-0.2, -0.15) is 18.8 Å². The molecular formula is C6H9N5O2S. The van der Waals surface area contributed by atoms with Crippen LogP contribution in [-0.4, -0.2) is 25.2 Å². The lowest BCUT2D eigenvalue weighted by atomic mass is 10.4. The maximum atomic E-state index is 11.1. The summed E-state index contributed by atoms with van der Waals surface area (Å²) in [5.41, 5.74) is 0.173. The highest BCUT2D eigenvalue weighted by Gasteiger charge is 2.13. The van der Waals surface area contributed by atoms with Crippen molar-refractivity contribution in [3.8, 4) is 6.07 Å². The van der Waals surface area contributed by atoms with Crippen LogP contribution >= 0.6 is 0 Å². The first-order chi connectivity index (χ1) is 6.48. The van der Waals surface area contributed by atoms with Gasteiger partial charge in [0.1, 0.15) is 11.6 Å². The van der Waals surface area contributed by atoms with E-state index in [0.29, 0.717) is 0 Å². The Labute approximate surface area is 81.5 Å². The first kappa shape index (κ1) is 10.5. The number of nitriles is 1. The van der Waals surface area contributed by atoms with Gasteiger partial charge in [0.25, 0.3) is 10.2 Å². The van der Waals surface area contributed by atoms with Crippen molar-refractivity contribution in [2.45, 2.75) is 0 Å². The molecule has 14 heavy (non-hydrogen) atoms. The van der Waals surface area contributed by atoms with E-state index in [1.807, 2.05) is 6.07 Å². The summed E-state index contributed by atoms with van der Waals surface area (Å²) in [7, 11) is -0.762. The van der Waals surface area contributed by atoms with E-state index >= 15 is 0 Å². The minimum absolute atomic E-state index is 0.0179. The molecule has 1 rings (SSSR count). The van der Waals surface area contributed by atoms with Gasteiger partial charge in [-0.3, -0.25) is 9.40 Å². The lowest BCUT2D eigenvalue weighted by Crippen LogP contribution is -2.26. The molecule has 0 aliphatic heterocycles. The SMILES string of the molecule is CNS(=O)(=O)Nc1nn(C)cc1C#N. The van der Waals surface area contributed by atoms with Gasteiger partial charge in [0.2, 0.25) is 0 Å². The molecule has 8 heteroatoms. The zero-order chi connectivity index (χ0) is 10.8. The minimum atomic E-state index is -3.62. The number of aryl methyl sites for hydroxylation is 1. The summed E-state index contributed by atoms with van der Waals surface area (Å²) < 4.78 is 27.7. The fraction of sp³-hybridized carbons (Fsp3) is 0.333. The summed E-state index contributed by atoms with van der Waals surface area (Å²) >= 11 is 0. The van der Waals surface area contributed by atoms with E-state index in [1.165, 1.54) is 17.9 Å². The molecule has 0 saturated carbocycles. The average Bonchev–Trinajstić information content (AvgIpc) is 2.45. The van der Waals surface area contributed by atoms with Gasteiger partial charge in [-0.05, 0) is 0 Å². The summed E-state index contributed by atoms with van der Waals surface area (Å²) in [6, 6.07) is 1.83. The number of hydrogen-bond acceptors (Lipinski definition) is 4. The summed E-state index contributed by atoms with van der Waals surface area (Å²) in [5, 5.41) is 12.4. The third-order valence-electron chi connectivity index (χ3n) is 1.45. The molecule has 0 bridgehead atoms. The van der Waals surface area contributed by atoms with Crippen LogP contribution in [-0.2, 0) is 17.3 Å². The molecule has 1 heterocycles. The predicted octanol–water partition coefficient (Wildman–Crippen LogP) is -0.832. The topological polar surface area (TPSA) is 99.8 Å². The second kappa shape index (κ2) is 3.65. The maximum absolute atomic E-state index is 11.1. The zero-order valence-electron chi connectivity index (χ0n) is 7.64. The van der Waals surface area contributed by atoms with Crippen LogP contribution in [0.2, 0.25) is 0 Å². The molecule has 0 radical (unpaired) electrons. The molecule has 0 aliphatic rings. The monoisotopic (exact) mass is 215 g/mol. The quantitative estimate of drug-likeness (QED) is 0.687. The number of nitrogens with zero attached hydrogens (tertiary/aromatic N) is 3. The van der Waals surface area contributed by atoms with Gasteiger partial charge >= 0.3 is 0 Å². The Kier molecular flexibility index (Phi) is 2.73. The second-order valence-electron chi connectivity index (χ2n) is 2.49. The Bertz CT molecular complexity index is 469. The third-order valence-corrected chi connectivity index (χ3v) is 2.45. The Morgan fingerprint density at radius 1 is 1.64 bits per heavy atom. The Balaban J connectivity index is 3.04.